The lowest BCUT2D eigenvalue weighted by atomic mass is 9.99. The van der Waals surface area contributed by atoms with Gasteiger partial charge in [0.15, 0.2) is 34.7 Å². The van der Waals surface area contributed by atoms with Gasteiger partial charge < -0.3 is 72.4 Å². The highest BCUT2D eigenvalue weighted by Gasteiger charge is 2.36. The molecule has 0 amide bonds. The number of carbonyl (C=O) groups excluding carboxylic acids is 9. The topological polar surface area (TPSA) is 612 Å². The quantitative estimate of drug-likeness (QED) is 0.00276. The molecule has 1 aliphatic heterocycles. The number of nitriles is 1. The minimum Gasteiger partial charge on any atom is -0.480 e. The monoisotopic (exact) mass is 1870 g/mol. The number of nitrogens with zero attached hydrogens (tertiary/aromatic N) is 18. The number of nitrogens with two attached hydrogens (primary N) is 3. The van der Waals surface area contributed by atoms with Gasteiger partial charge in [0.05, 0.1) is 66.6 Å². The summed E-state index contributed by atoms with van der Waals surface area (Å²) in [5, 5.41) is 46.5. The smallest absolute Gasteiger partial charge is 0.377 e. The average molecular weight is 1880 g/mol. The zero-order valence-corrected chi connectivity index (χ0v) is 74.7. The number of rotatable bonds is 21. The Kier molecular flexibility index (Phi) is 60.9. The maximum atomic E-state index is 12.6. The number of nitrogen functional groups attached to an aromatic ring is 2. The van der Waals surface area contributed by atoms with E-state index in [0.717, 1.165) is 18.6 Å². The number of carbonyl (C=O) groups is 11. The number of ketones is 6. The fourth-order valence-corrected chi connectivity index (χ4v) is 8.29. The number of aliphatic carboxylic acids is 2. The van der Waals surface area contributed by atoms with Gasteiger partial charge >= 0.3 is 40.9 Å². The number of anilines is 5. The van der Waals surface area contributed by atoms with Gasteiger partial charge in [0.25, 0.3) is 0 Å². The van der Waals surface area contributed by atoms with Crippen LogP contribution in [0.1, 0.15) is 165 Å². The van der Waals surface area contributed by atoms with E-state index in [9.17, 15) is 62.3 Å². The predicted octanol–water partition coefficient (Wildman–Crippen LogP) is 10.3. The second-order valence-electron chi connectivity index (χ2n) is 22.9. The number of ether oxygens (including phenoxy) is 3. The molecule has 1 unspecified atom stereocenters. The summed E-state index contributed by atoms with van der Waals surface area (Å²) in [6.07, 6.45) is 9.57. The summed E-state index contributed by atoms with van der Waals surface area (Å²) in [5.74, 6) is -5.39. The van der Waals surface area contributed by atoms with Crippen molar-refractivity contribution in [3.05, 3.63) is 125 Å². The van der Waals surface area contributed by atoms with E-state index in [0.29, 0.717) is 28.3 Å². The molecule has 121 heavy (non-hydrogen) atoms. The number of fused-ring (bicyclic) bond motifs is 1. The van der Waals surface area contributed by atoms with Gasteiger partial charge in [0, 0.05) is 51.1 Å². The zero-order valence-electron chi connectivity index (χ0n) is 67.7. The number of likely N-dealkylation sites (N-methyl/N-ethyl adjacent to an activating group) is 1. The molecule has 0 aliphatic carbocycles. The Bertz CT molecular complexity index is 4570. The van der Waals surface area contributed by atoms with Crippen LogP contribution in [0.25, 0.3) is 0 Å². The van der Waals surface area contributed by atoms with Crippen LogP contribution in [0.3, 0.4) is 0 Å². The van der Waals surface area contributed by atoms with Crippen LogP contribution in [-0.2, 0) is 38.2 Å². The Balaban J connectivity index is -0.000000639. The van der Waals surface area contributed by atoms with E-state index < -0.39 is 55.0 Å². The lowest BCUT2D eigenvalue weighted by molar-refractivity contribution is -0.711. The number of carboxylic acid groups (broad SMARTS) is 2. The van der Waals surface area contributed by atoms with Gasteiger partial charge in [-0.1, -0.05) is 47.8 Å². The predicted molar refractivity (Wildman–Crippen MR) is 455 cm³/mol. The molecule has 7 aromatic heterocycles. The van der Waals surface area contributed by atoms with Crippen LogP contribution in [0, 0.1) is 17.3 Å². The van der Waals surface area contributed by atoms with Gasteiger partial charge in [-0.3, -0.25) is 43.2 Å². The van der Waals surface area contributed by atoms with E-state index in [1.807, 2.05) is 6.07 Å². The molecule has 0 saturated carbocycles. The molecule has 8 heterocycles. The number of aliphatic hydroxyl groups excluding tert-OH is 1. The van der Waals surface area contributed by atoms with Gasteiger partial charge in [-0.15, -0.1) is 0 Å². The number of esters is 3. The number of carboxylic acids is 2. The molecule has 8 rings (SSSR count). The Hall–Kier alpha value is -10.8. The van der Waals surface area contributed by atoms with Crippen molar-refractivity contribution < 1.29 is 96.6 Å². The van der Waals surface area contributed by atoms with Crippen molar-refractivity contribution in [2.24, 2.45) is 5.73 Å². The minimum absolute atomic E-state index is 0. The third kappa shape index (κ3) is 50.8. The van der Waals surface area contributed by atoms with Gasteiger partial charge in [0.1, 0.15) is 72.8 Å². The van der Waals surface area contributed by atoms with Crippen molar-refractivity contribution in [1.29, 1.82) is 5.26 Å². The Morgan fingerprint density at radius 3 is 1.32 bits per heavy atom. The zero-order chi connectivity index (χ0) is 92.9. The van der Waals surface area contributed by atoms with E-state index in [4.69, 9.17) is 134 Å². The maximum Gasteiger partial charge on any atom is 0.377 e. The molecule has 1 aliphatic rings. The van der Waals surface area contributed by atoms with E-state index in [1.54, 1.807) is 39.6 Å². The molecule has 664 valence electrons. The normalized spacial score (nSPS) is 11.0. The summed E-state index contributed by atoms with van der Waals surface area (Å²) in [4.78, 5) is 175. The third-order valence-electron chi connectivity index (χ3n) is 12.7. The molecule has 1 atom stereocenters. The van der Waals surface area contributed by atoms with Crippen molar-refractivity contribution >= 4 is 205 Å². The Morgan fingerprint density at radius 1 is 0.587 bits per heavy atom. The molecule has 12 N–H and O–H groups in total. The molecule has 0 fully saturated rings. The van der Waals surface area contributed by atoms with E-state index in [2.05, 4.69) is 136 Å². The summed E-state index contributed by atoms with van der Waals surface area (Å²) < 4.78 is 27.3. The fourth-order valence-electron chi connectivity index (χ4n) is 7.37. The molecular formula is C70H95Cl8FN23O18Si+. The summed E-state index contributed by atoms with van der Waals surface area (Å²) in [5.41, 5.74) is 16.5. The molecular weight excluding hydrogens is 1780 g/mol. The number of hydrogen-bond donors (Lipinski definition) is 9. The SMILES string of the molecule is C.CC(=O)c1cnc(Cl)nc1F.CC(=O)c1cnc(Cl)nc1N.CC(=O)c1cnc(Cl)nc1NCC(=O)O.CCN(CC)CC.CCO.CCOC(=O)/C=[N+](\O)c1nc(Cl)ncc1C(C)=O.CCOC(=O)C1CC(=O)c2cnc(Cl)nc2N1C.CCOC(=O)CNc1nc(Cl)ncc1C(C)=O.C[Si](C)(C)Cl.N#Cc1cnc(Cl)nc1N.NCC(=O)O. The highest BCUT2D eigenvalue weighted by Crippen LogP contribution is 2.29. The van der Waals surface area contributed by atoms with Crippen LogP contribution in [-0.4, -0.2) is 257 Å². The highest BCUT2D eigenvalue weighted by atomic mass is 35.6. The molecule has 0 bridgehead atoms. The average Bonchev–Trinajstić information content (AvgIpc) is 0.755. The summed E-state index contributed by atoms with van der Waals surface area (Å²) in [6.45, 7) is 30.0. The number of nitrogens with one attached hydrogen (secondary N) is 2. The van der Waals surface area contributed by atoms with Gasteiger partial charge in [-0.05, 0) is 173 Å². The van der Waals surface area contributed by atoms with Gasteiger partial charge in [-0.25, -0.2) is 59.4 Å². The second-order valence-corrected chi connectivity index (χ2v) is 32.8. The van der Waals surface area contributed by atoms with Crippen molar-refractivity contribution in [3.8, 4) is 6.07 Å². The first-order valence-electron chi connectivity index (χ1n) is 34.5. The highest BCUT2D eigenvalue weighted by molar-refractivity contribution is 7.18. The molecule has 0 radical (unpaired) electrons. The number of Topliss-reactive ketones (excluding diaryl/α,β-unsaturated/α-hetero) is 6. The third-order valence-corrected chi connectivity index (χ3v) is 14.0. The van der Waals surface area contributed by atoms with Crippen molar-refractivity contribution in [2.75, 3.05) is 99.7 Å². The van der Waals surface area contributed by atoms with Crippen LogP contribution in [0.4, 0.5) is 39.3 Å². The van der Waals surface area contributed by atoms with Gasteiger partial charge in [-0.2, -0.15) is 35.7 Å². The summed E-state index contributed by atoms with van der Waals surface area (Å²) in [7, 11) is 0.538. The first kappa shape index (κ1) is 117. The van der Waals surface area contributed by atoms with Crippen LogP contribution in [0.5, 0.6) is 0 Å². The minimum atomic E-state index is -1.14. The molecule has 7 aromatic rings. The molecule has 41 nitrogen and oxygen atoms in total. The van der Waals surface area contributed by atoms with E-state index in [-0.39, 0.29) is 176 Å². The number of halogens is 9. The first-order valence-corrected chi connectivity index (χ1v) is 41.7. The van der Waals surface area contributed by atoms with Crippen LogP contribution < -0.4 is 32.7 Å². The van der Waals surface area contributed by atoms with Crippen LogP contribution in [0.15, 0.2) is 43.4 Å². The van der Waals surface area contributed by atoms with Crippen molar-refractivity contribution in [2.45, 2.75) is 123 Å². The molecule has 0 aromatic carbocycles. The van der Waals surface area contributed by atoms with Crippen molar-refractivity contribution in [1.82, 2.24) is 74.7 Å². The maximum absolute atomic E-state index is 12.6. The van der Waals surface area contributed by atoms with E-state index in [1.165, 1.54) is 85.2 Å². The molecule has 0 saturated heterocycles. The van der Waals surface area contributed by atoms with E-state index >= 15 is 0 Å². The number of aliphatic hydroxyl groups is 1. The first-order chi connectivity index (χ1) is 56.0. The number of aromatic nitrogens is 14. The summed E-state index contributed by atoms with van der Waals surface area (Å²) in [6, 6.07) is 1.16. The summed E-state index contributed by atoms with van der Waals surface area (Å²) >= 11 is 44.1. The number of hydrogen-bond acceptors (Lipinski definition) is 38. The Labute approximate surface area is 736 Å². The lowest BCUT2D eigenvalue weighted by Crippen LogP contribution is -2.45. The second kappa shape index (κ2) is 63.3. The fraction of sp³-hybridized carbons (Fsp3) is 0.414. The largest absolute Gasteiger partial charge is 0.480 e. The molecule has 51 heteroatoms. The van der Waals surface area contributed by atoms with Crippen molar-refractivity contribution in [3.63, 3.8) is 0 Å². The van der Waals surface area contributed by atoms with Crippen LogP contribution in [0.2, 0.25) is 56.6 Å². The molecule has 0 spiro atoms. The van der Waals surface area contributed by atoms with Crippen LogP contribution >= 0.6 is 92.3 Å². The lowest BCUT2D eigenvalue weighted by Gasteiger charge is -2.31. The standard InChI is InChI=1S/C11H12ClN3O3.C10H11ClN3O4.C10H12ClN3O3.C8H8ClN3O3.C6H4ClFN2O.C6H6ClN3O.C6H15N.C5H3ClN4.C3H9ClSi.C2H5NO2.C2H6O.CH4/c1-3-18-10(17)7-4-8(16)6-5-13-11(12)14-9(6)15(7)2;1-3-18-8(16)5-14(17)9-7(6(2)15)4-12-10(11)13-9;1-3-17-8(16)5-12-9-7(6(2)15)4-13-10(11)14-9;1-4(13)5-2-11-8(9)12-7(5)10-3-6(14)15;2*1-3(11)4-2-9-6(7)10-5(4)8;1-4-7(5-2)6-3;6-5-9-2-3(1-7)4(8)10-5;1-5(2,3)4;3-1-2(4)5;1-2-3;/h5,7H,3-4H2,1-2H3;4-5,17H,3H2,1-2H3;4H,3,5H2,1-2H3,(H,12,13,14);2H,3H2,1H3,(H,14,15)(H,10,11,12);2H,1H3;2H,1H3,(H2,8,9,10);4-6H2,1-3H3;2H,(H2,8,9,10);1-3H3;1,3H2,(H,4,5);3H,2H2,1H3;1H4/q;+1;;;;;;;;;;/b;14-5-;;;;;;;;;;. The Morgan fingerprint density at radius 2 is 0.950 bits per heavy atom. The van der Waals surface area contributed by atoms with Gasteiger partial charge in [0.2, 0.25) is 43.9 Å².